The van der Waals surface area contributed by atoms with Gasteiger partial charge >= 0.3 is 0 Å². The number of hydrogen-bond acceptors (Lipinski definition) is 1. The van der Waals surface area contributed by atoms with Crippen molar-refractivity contribution in [3.05, 3.63) is 35.3 Å². The molecule has 1 aliphatic rings. The standard InChI is InChI=1S/C15H16FNO/c1-2-4-11-12-5-3-6-13(16)15(12)17-9-10(18)7-8-14(11)17/h3,5-6H,2,4,7-9H2,1H3. The Morgan fingerprint density at radius 1 is 1.33 bits per heavy atom. The highest BCUT2D eigenvalue weighted by molar-refractivity contribution is 5.90. The summed E-state index contributed by atoms with van der Waals surface area (Å²) in [5.74, 6) is -0.0171. The van der Waals surface area contributed by atoms with Crippen LogP contribution in [0.2, 0.25) is 0 Å². The third-order valence-electron chi connectivity index (χ3n) is 3.73. The minimum absolute atomic E-state index is 0.200. The van der Waals surface area contributed by atoms with Crippen LogP contribution in [0.3, 0.4) is 0 Å². The second-order valence-electron chi connectivity index (χ2n) is 4.94. The smallest absolute Gasteiger partial charge is 0.152 e. The molecule has 3 heteroatoms. The average molecular weight is 245 g/mol. The first-order valence-corrected chi connectivity index (χ1v) is 6.52. The van der Waals surface area contributed by atoms with Crippen molar-refractivity contribution in [1.82, 2.24) is 4.57 Å². The van der Waals surface area contributed by atoms with Gasteiger partial charge in [0.2, 0.25) is 0 Å². The minimum atomic E-state index is -0.217. The fraction of sp³-hybridized carbons (Fsp3) is 0.400. The zero-order valence-corrected chi connectivity index (χ0v) is 10.5. The van der Waals surface area contributed by atoms with E-state index in [1.165, 1.54) is 11.6 Å². The zero-order valence-electron chi connectivity index (χ0n) is 10.5. The van der Waals surface area contributed by atoms with Crippen LogP contribution in [0.5, 0.6) is 0 Å². The second kappa shape index (κ2) is 4.23. The number of carbonyl (C=O) groups is 1. The van der Waals surface area contributed by atoms with Crippen LogP contribution in [-0.2, 0) is 24.2 Å². The molecule has 0 atom stereocenters. The Morgan fingerprint density at radius 3 is 2.94 bits per heavy atom. The number of para-hydroxylation sites is 1. The van der Waals surface area contributed by atoms with Crippen LogP contribution in [0.1, 0.15) is 31.0 Å². The highest BCUT2D eigenvalue weighted by Crippen LogP contribution is 2.32. The molecule has 2 heterocycles. The Bertz CT molecular complexity index is 627. The summed E-state index contributed by atoms with van der Waals surface area (Å²) >= 11 is 0. The van der Waals surface area contributed by atoms with Crippen molar-refractivity contribution in [2.75, 3.05) is 0 Å². The number of carbonyl (C=O) groups excluding carboxylic acids is 1. The van der Waals surface area contributed by atoms with Gasteiger partial charge in [-0.1, -0.05) is 25.5 Å². The molecule has 0 fully saturated rings. The molecule has 1 aliphatic heterocycles. The Balaban J connectivity index is 2.33. The number of rotatable bonds is 2. The maximum Gasteiger partial charge on any atom is 0.152 e. The molecule has 0 saturated carbocycles. The maximum atomic E-state index is 14.0. The molecule has 2 aromatic rings. The predicted octanol–water partition coefficient (Wildman–Crippen LogP) is 3.25. The molecule has 18 heavy (non-hydrogen) atoms. The van der Waals surface area contributed by atoms with Gasteiger partial charge in [-0.15, -0.1) is 0 Å². The van der Waals surface area contributed by atoms with Gasteiger partial charge in [-0.2, -0.15) is 0 Å². The number of hydrogen-bond donors (Lipinski definition) is 0. The summed E-state index contributed by atoms with van der Waals surface area (Å²) in [4.78, 5) is 11.6. The van der Waals surface area contributed by atoms with Crippen LogP contribution in [0.25, 0.3) is 10.9 Å². The molecule has 0 amide bonds. The topological polar surface area (TPSA) is 22.0 Å². The van der Waals surface area contributed by atoms with Gasteiger partial charge in [0.05, 0.1) is 12.1 Å². The van der Waals surface area contributed by atoms with Crippen molar-refractivity contribution in [2.24, 2.45) is 0 Å². The van der Waals surface area contributed by atoms with E-state index >= 15 is 0 Å². The van der Waals surface area contributed by atoms with Crippen molar-refractivity contribution in [3.63, 3.8) is 0 Å². The van der Waals surface area contributed by atoms with Crippen LogP contribution >= 0.6 is 0 Å². The normalized spacial score (nSPS) is 15.1. The quantitative estimate of drug-likeness (QED) is 0.796. The highest BCUT2D eigenvalue weighted by atomic mass is 19.1. The van der Waals surface area contributed by atoms with Gasteiger partial charge in [-0.3, -0.25) is 4.79 Å². The number of nitrogens with zero attached hydrogens (tertiary/aromatic N) is 1. The Kier molecular flexibility index (Phi) is 2.69. The molecule has 1 aromatic heterocycles. The SMILES string of the molecule is CCCc1c2n(c3c(F)cccc13)CC(=O)CC2. The van der Waals surface area contributed by atoms with Gasteiger partial charge in [0.25, 0.3) is 0 Å². The number of halogens is 1. The van der Waals surface area contributed by atoms with Crippen LogP contribution in [0.15, 0.2) is 18.2 Å². The minimum Gasteiger partial charge on any atom is -0.335 e. The monoisotopic (exact) mass is 245 g/mol. The number of ketones is 1. The average Bonchev–Trinajstić information content (AvgIpc) is 2.65. The van der Waals surface area contributed by atoms with E-state index in [2.05, 4.69) is 6.92 Å². The fourth-order valence-electron chi connectivity index (χ4n) is 2.99. The van der Waals surface area contributed by atoms with E-state index in [4.69, 9.17) is 0 Å². The molecule has 94 valence electrons. The van der Waals surface area contributed by atoms with Crippen molar-refractivity contribution in [3.8, 4) is 0 Å². The number of fused-ring (bicyclic) bond motifs is 3. The lowest BCUT2D eigenvalue weighted by molar-refractivity contribution is -0.120. The van der Waals surface area contributed by atoms with Crippen molar-refractivity contribution in [1.29, 1.82) is 0 Å². The molecule has 0 bridgehead atoms. The molecule has 2 nitrogen and oxygen atoms in total. The maximum absolute atomic E-state index is 14.0. The fourth-order valence-corrected chi connectivity index (χ4v) is 2.99. The Labute approximate surface area is 105 Å². The van der Waals surface area contributed by atoms with Gasteiger partial charge in [0.1, 0.15) is 5.82 Å². The van der Waals surface area contributed by atoms with Crippen LogP contribution in [0, 0.1) is 5.82 Å². The summed E-state index contributed by atoms with van der Waals surface area (Å²) in [6, 6.07) is 5.20. The predicted molar refractivity (Wildman–Crippen MR) is 69.2 cm³/mol. The summed E-state index contributed by atoms with van der Waals surface area (Å²) in [6.45, 7) is 2.46. The van der Waals surface area contributed by atoms with Crippen LogP contribution < -0.4 is 0 Å². The van der Waals surface area contributed by atoms with E-state index in [0.29, 0.717) is 18.5 Å². The first-order chi connectivity index (χ1) is 8.72. The second-order valence-corrected chi connectivity index (χ2v) is 4.94. The summed E-state index contributed by atoms with van der Waals surface area (Å²) < 4.78 is 15.9. The zero-order chi connectivity index (χ0) is 12.7. The lowest BCUT2D eigenvalue weighted by Crippen LogP contribution is -2.20. The molecule has 0 N–H and O–H groups in total. The summed E-state index contributed by atoms with van der Waals surface area (Å²) in [5.41, 5.74) is 3.01. The highest BCUT2D eigenvalue weighted by Gasteiger charge is 2.24. The lowest BCUT2D eigenvalue weighted by atomic mass is 10.0. The number of aromatic nitrogens is 1. The van der Waals surface area contributed by atoms with Crippen molar-refractivity contribution < 1.29 is 9.18 Å². The third kappa shape index (κ3) is 1.57. The Hall–Kier alpha value is -1.64. The summed E-state index contributed by atoms with van der Waals surface area (Å²) in [7, 11) is 0. The summed E-state index contributed by atoms with van der Waals surface area (Å²) in [6.07, 6.45) is 3.34. The van der Waals surface area contributed by atoms with Gasteiger partial charge in [-0.05, 0) is 24.5 Å². The third-order valence-corrected chi connectivity index (χ3v) is 3.73. The first-order valence-electron chi connectivity index (χ1n) is 6.52. The van der Waals surface area contributed by atoms with E-state index in [1.807, 2.05) is 10.6 Å². The number of aryl methyl sites for hydroxylation is 1. The van der Waals surface area contributed by atoms with E-state index in [9.17, 15) is 9.18 Å². The van der Waals surface area contributed by atoms with Gasteiger partial charge in [-0.25, -0.2) is 4.39 Å². The number of Topliss-reactive ketones (excluding diaryl/α,β-unsaturated/α-hetero) is 1. The van der Waals surface area contributed by atoms with Crippen LogP contribution in [0.4, 0.5) is 4.39 Å². The molecule has 0 radical (unpaired) electrons. The molecule has 0 aliphatic carbocycles. The van der Waals surface area contributed by atoms with Gasteiger partial charge < -0.3 is 4.57 Å². The van der Waals surface area contributed by atoms with Gasteiger partial charge in [0, 0.05) is 17.5 Å². The van der Waals surface area contributed by atoms with E-state index in [0.717, 1.165) is 30.3 Å². The number of benzene rings is 1. The van der Waals surface area contributed by atoms with Crippen molar-refractivity contribution in [2.45, 2.75) is 39.2 Å². The summed E-state index contributed by atoms with van der Waals surface area (Å²) in [5, 5.41) is 0.988. The largest absolute Gasteiger partial charge is 0.335 e. The van der Waals surface area contributed by atoms with Crippen LogP contribution in [-0.4, -0.2) is 10.4 Å². The molecule has 3 rings (SSSR count). The molecule has 0 unspecified atom stereocenters. The lowest BCUT2D eigenvalue weighted by Gasteiger charge is -2.16. The van der Waals surface area contributed by atoms with E-state index in [-0.39, 0.29) is 11.6 Å². The van der Waals surface area contributed by atoms with Crippen molar-refractivity contribution >= 4 is 16.7 Å². The van der Waals surface area contributed by atoms with E-state index < -0.39 is 0 Å². The molecular formula is C15H16FNO. The molecular weight excluding hydrogens is 229 g/mol. The Morgan fingerprint density at radius 2 is 2.17 bits per heavy atom. The molecule has 0 saturated heterocycles. The van der Waals surface area contributed by atoms with E-state index in [1.54, 1.807) is 6.07 Å². The molecule has 1 aromatic carbocycles. The first kappa shape index (κ1) is 11.5. The molecule has 0 spiro atoms. The van der Waals surface area contributed by atoms with Gasteiger partial charge in [0.15, 0.2) is 5.78 Å².